The van der Waals surface area contributed by atoms with Crippen LogP contribution in [-0.4, -0.2) is 73.5 Å². The number of imidazole rings is 1. The van der Waals surface area contributed by atoms with Crippen molar-refractivity contribution in [3.05, 3.63) is 60.2 Å². The van der Waals surface area contributed by atoms with Crippen molar-refractivity contribution in [2.24, 2.45) is 0 Å². The molecule has 2 aromatic carbocycles. The Hall–Kier alpha value is -1.83. The number of hydrogen-bond donors (Lipinski definition) is 1. The van der Waals surface area contributed by atoms with Gasteiger partial charge in [-0.1, -0.05) is 42.5 Å². The minimum atomic E-state index is 0. The van der Waals surface area contributed by atoms with Crippen molar-refractivity contribution in [3.63, 3.8) is 0 Å². The largest absolute Gasteiger partial charge is 0.380 e. The minimum absolute atomic E-state index is 0. The molecule has 36 heavy (non-hydrogen) atoms. The van der Waals surface area contributed by atoms with Gasteiger partial charge in [0.25, 0.3) is 0 Å². The number of fused-ring (bicyclic) bond motifs is 1. The quantitative estimate of drug-likeness (QED) is 0.402. The maximum atomic E-state index is 5.69. The molecule has 0 unspecified atom stereocenters. The zero-order valence-electron chi connectivity index (χ0n) is 21.4. The van der Waals surface area contributed by atoms with E-state index in [1.165, 1.54) is 30.3 Å². The van der Waals surface area contributed by atoms with Crippen LogP contribution in [0.1, 0.15) is 31.7 Å². The molecule has 198 valence electrons. The van der Waals surface area contributed by atoms with Gasteiger partial charge in [0, 0.05) is 44.7 Å². The summed E-state index contributed by atoms with van der Waals surface area (Å²) in [6.07, 6.45) is 3.63. The first-order valence-electron chi connectivity index (χ1n) is 13.1. The molecule has 0 saturated carbocycles. The zero-order valence-corrected chi connectivity index (χ0v) is 23.0. The summed E-state index contributed by atoms with van der Waals surface area (Å²) in [5.74, 6) is 1.10. The molecule has 2 saturated heterocycles. The van der Waals surface area contributed by atoms with E-state index in [1.54, 1.807) is 0 Å². The molecular formula is C28H41Cl2N5O. The first-order valence-corrected chi connectivity index (χ1v) is 13.1. The van der Waals surface area contributed by atoms with Gasteiger partial charge in [-0.3, -0.25) is 0 Å². The van der Waals surface area contributed by atoms with Crippen LogP contribution >= 0.6 is 24.8 Å². The molecule has 2 aliphatic heterocycles. The van der Waals surface area contributed by atoms with Crippen molar-refractivity contribution in [1.82, 2.24) is 19.8 Å². The predicted octanol–water partition coefficient (Wildman–Crippen LogP) is 4.75. The van der Waals surface area contributed by atoms with Gasteiger partial charge in [0.1, 0.15) is 0 Å². The molecule has 2 aliphatic rings. The number of rotatable bonds is 9. The number of nitrogens with one attached hydrogen (secondary N) is 1. The molecule has 6 nitrogen and oxygen atoms in total. The standard InChI is InChI=1S/C28H39N5O.2ClH/c1-2-34-22-21-33-26-12-7-6-11-25(26)30-27(33)32-17-8-16-31(19-20-32)18-14-28(13-15-29-23-28)24-9-4-3-5-10-24;;/h3-7,9-12,29H,2,8,13-23H2,1H3;2*1H/t28-;;/m1../s1. The fraction of sp³-hybridized carbons (Fsp3) is 0.536. The second-order valence-electron chi connectivity index (χ2n) is 9.75. The van der Waals surface area contributed by atoms with Crippen LogP contribution in [0.25, 0.3) is 11.0 Å². The van der Waals surface area contributed by atoms with Crippen molar-refractivity contribution in [2.75, 3.05) is 63.9 Å². The van der Waals surface area contributed by atoms with Gasteiger partial charge in [-0.05, 0) is 63.5 Å². The number of ether oxygens (including phenoxy) is 1. The summed E-state index contributed by atoms with van der Waals surface area (Å²) in [6.45, 7) is 12.1. The molecule has 0 radical (unpaired) electrons. The molecule has 0 bridgehead atoms. The molecule has 1 aromatic heterocycles. The third-order valence-electron chi connectivity index (χ3n) is 7.71. The molecule has 5 rings (SSSR count). The van der Waals surface area contributed by atoms with Gasteiger partial charge >= 0.3 is 0 Å². The summed E-state index contributed by atoms with van der Waals surface area (Å²) >= 11 is 0. The molecular weight excluding hydrogens is 493 g/mol. The Kier molecular flexibility index (Phi) is 10.9. The van der Waals surface area contributed by atoms with Crippen LogP contribution in [0.5, 0.6) is 0 Å². The smallest absolute Gasteiger partial charge is 0.206 e. The Morgan fingerprint density at radius 1 is 0.944 bits per heavy atom. The molecule has 3 heterocycles. The Morgan fingerprint density at radius 2 is 1.75 bits per heavy atom. The molecule has 0 aliphatic carbocycles. The van der Waals surface area contributed by atoms with Crippen molar-refractivity contribution in [2.45, 2.75) is 38.1 Å². The first-order chi connectivity index (χ1) is 16.8. The number of aromatic nitrogens is 2. The fourth-order valence-corrected chi connectivity index (χ4v) is 5.73. The fourth-order valence-electron chi connectivity index (χ4n) is 5.73. The molecule has 0 amide bonds. The van der Waals surface area contributed by atoms with Gasteiger partial charge in [-0.2, -0.15) is 0 Å². The number of halogens is 2. The normalized spacial score (nSPS) is 20.6. The first kappa shape index (κ1) is 28.7. The highest BCUT2D eigenvalue weighted by Gasteiger charge is 2.35. The van der Waals surface area contributed by atoms with Gasteiger partial charge in [0.2, 0.25) is 5.95 Å². The van der Waals surface area contributed by atoms with Crippen molar-refractivity contribution < 1.29 is 4.74 Å². The lowest BCUT2D eigenvalue weighted by Gasteiger charge is -2.32. The van der Waals surface area contributed by atoms with Crippen molar-refractivity contribution >= 4 is 41.8 Å². The van der Waals surface area contributed by atoms with Gasteiger partial charge in [0.05, 0.1) is 17.6 Å². The summed E-state index contributed by atoms with van der Waals surface area (Å²) in [7, 11) is 0. The summed E-state index contributed by atoms with van der Waals surface area (Å²) in [4.78, 5) is 10.2. The SMILES string of the molecule is CCOCCn1c(N2CCCN(CC[C@]3(c4ccccc4)CCNC3)CC2)nc2ccccc21.Cl.Cl. The summed E-state index contributed by atoms with van der Waals surface area (Å²) < 4.78 is 8.04. The van der Waals surface area contributed by atoms with E-state index in [1.807, 2.05) is 0 Å². The van der Waals surface area contributed by atoms with E-state index in [4.69, 9.17) is 9.72 Å². The minimum Gasteiger partial charge on any atom is -0.380 e. The maximum Gasteiger partial charge on any atom is 0.206 e. The van der Waals surface area contributed by atoms with Crippen molar-refractivity contribution in [3.8, 4) is 0 Å². The third-order valence-corrected chi connectivity index (χ3v) is 7.71. The van der Waals surface area contributed by atoms with Crippen LogP contribution in [0.4, 0.5) is 5.95 Å². The monoisotopic (exact) mass is 533 g/mol. The third kappa shape index (κ3) is 6.35. The highest BCUT2D eigenvalue weighted by Crippen LogP contribution is 2.34. The molecule has 0 spiro atoms. The summed E-state index contributed by atoms with van der Waals surface area (Å²) in [5.41, 5.74) is 4.06. The number of anilines is 1. The van der Waals surface area contributed by atoms with Gasteiger partial charge in [0.15, 0.2) is 0 Å². The average Bonchev–Trinajstić information content (AvgIpc) is 3.43. The van der Waals surface area contributed by atoms with Gasteiger partial charge in [-0.25, -0.2) is 4.98 Å². The molecule has 1 atom stereocenters. The zero-order chi connectivity index (χ0) is 23.2. The highest BCUT2D eigenvalue weighted by atomic mass is 35.5. The van der Waals surface area contributed by atoms with E-state index in [-0.39, 0.29) is 30.2 Å². The molecule has 3 aromatic rings. The average molecular weight is 535 g/mol. The highest BCUT2D eigenvalue weighted by molar-refractivity contribution is 5.85. The van der Waals surface area contributed by atoms with Crippen LogP contribution in [0.15, 0.2) is 54.6 Å². The molecule has 8 heteroatoms. The lowest BCUT2D eigenvalue weighted by molar-refractivity contribution is 0.140. The summed E-state index contributed by atoms with van der Waals surface area (Å²) in [5, 5.41) is 3.63. The number of nitrogens with zero attached hydrogens (tertiary/aromatic N) is 4. The van der Waals surface area contributed by atoms with E-state index >= 15 is 0 Å². The lowest BCUT2D eigenvalue weighted by Crippen LogP contribution is -2.37. The van der Waals surface area contributed by atoms with E-state index in [2.05, 4.69) is 81.2 Å². The number of benzene rings is 2. The Labute approximate surface area is 228 Å². The number of hydrogen-bond acceptors (Lipinski definition) is 5. The van der Waals surface area contributed by atoms with Crippen LogP contribution < -0.4 is 10.2 Å². The van der Waals surface area contributed by atoms with Crippen LogP contribution in [-0.2, 0) is 16.7 Å². The van der Waals surface area contributed by atoms with E-state index in [0.717, 1.165) is 77.0 Å². The van der Waals surface area contributed by atoms with Gasteiger partial charge < -0.3 is 24.4 Å². The van der Waals surface area contributed by atoms with Crippen LogP contribution in [0.2, 0.25) is 0 Å². The molecule has 1 N–H and O–H groups in total. The van der Waals surface area contributed by atoms with Gasteiger partial charge in [-0.15, -0.1) is 24.8 Å². The van der Waals surface area contributed by atoms with E-state index < -0.39 is 0 Å². The Bertz CT molecular complexity index is 1050. The second kappa shape index (κ2) is 13.6. The predicted molar refractivity (Wildman–Crippen MR) is 154 cm³/mol. The van der Waals surface area contributed by atoms with Crippen LogP contribution in [0, 0.1) is 0 Å². The number of para-hydroxylation sites is 2. The summed E-state index contributed by atoms with van der Waals surface area (Å²) in [6, 6.07) is 19.7. The molecule has 2 fully saturated rings. The van der Waals surface area contributed by atoms with Crippen molar-refractivity contribution in [1.29, 1.82) is 0 Å². The topological polar surface area (TPSA) is 45.6 Å². The second-order valence-corrected chi connectivity index (χ2v) is 9.75. The van der Waals surface area contributed by atoms with Crippen LogP contribution in [0.3, 0.4) is 0 Å². The Morgan fingerprint density at radius 3 is 2.53 bits per heavy atom. The van der Waals surface area contributed by atoms with E-state index in [9.17, 15) is 0 Å². The lowest BCUT2D eigenvalue weighted by atomic mass is 9.77. The maximum absolute atomic E-state index is 5.69. The van der Waals surface area contributed by atoms with E-state index in [0.29, 0.717) is 0 Å². The Balaban J connectivity index is 0.00000180.